The van der Waals surface area contributed by atoms with Gasteiger partial charge in [-0.2, -0.15) is 0 Å². The molecule has 3 rings (SSSR count). The minimum absolute atomic E-state index is 0.0264. The second-order valence-corrected chi connectivity index (χ2v) is 8.01. The number of carbonyl (C=O) groups is 3. The van der Waals surface area contributed by atoms with E-state index in [1.165, 1.54) is 18.9 Å². The smallest absolute Gasteiger partial charge is 0.343 e. The van der Waals surface area contributed by atoms with Crippen LogP contribution in [0.15, 0.2) is 41.3 Å². The molecule has 1 heterocycles. The molecule has 0 saturated heterocycles. The lowest BCUT2D eigenvalue weighted by Crippen LogP contribution is -2.32. The van der Waals surface area contributed by atoms with Crippen LogP contribution in [0.4, 0.5) is 11.4 Å². The fourth-order valence-electron chi connectivity index (χ4n) is 2.69. The van der Waals surface area contributed by atoms with E-state index < -0.39 is 11.2 Å². The van der Waals surface area contributed by atoms with Crippen molar-refractivity contribution in [3.05, 3.63) is 47.0 Å². The average Bonchev–Trinajstić information content (AvgIpc) is 2.68. The maximum Gasteiger partial charge on any atom is 0.343 e. The zero-order chi connectivity index (χ0) is 21.0. The van der Waals surface area contributed by atoms with E-state index in [-0.39, 0.29) is 24.8 Å². The van der Waals surface area contributed by atoms with Gasteiger partial charge in [0.1, 0.15) is 5.75 Å². The molecular formula is C20H19ClN2O5S. The van der Waals surface area contributed by atoms with Gasteiger partial charge in [0.05, 0.1) is 18.0 Å². The van der Waals surface area contributed by atoms with E-state index in [1.807, 2.05) is 13.0 Å². The largest absolute Gasteiger partial charge is 0.482 e. The first-order valence-corrected chi connectivity index (χ1v) is 9.98. The van der Waals surface area contributed by atoms with Crippen molar-refractivity contribution >= 4 is 52.5 Å². The van der Waals surface area contributed by atoms with E-state index in [9.17, 15) is 14.4 Å². The number of amides is 2. The van der Waals surface area contributed by atoms with Crippen LogP contribution in [0.3, 0.4) is 0 Å². The van der Waals surface area contributed by atoms with Crippen molar-refractivity contribution in [1.82, 2.24) is 0 Å². The second-order valence-electron chi connectivity index (χ2n) is 6.33. The van der Waals surface area contributed by atoms with Crippen LogP contribution in [0.1, 0.15) is 12.0 Å². The van der Waals surface area contributed by atoms with Crippen LogP contribution in [0.5, 0.6) is 5.75 Å². The fraction of sp³-hybridized carbons (Fsp3) is 0.250. The molecule has 0 radical (unpaired) electrons. The van der Waals surface area contributed by atoms with Gasteiger partial charge in [0.15, 0.2) is 6.61 Å². The van der Waals surface area contributed by atoms with Crippen LogP contribution in [-0.2, 0) is 19.1 Å². The first-order chi connectivity index (χ1) is 13.9. The number of esters is 1. The molecule has 0 saturated carbocycles. The highest BCUT2D eigenvalue weighted by Gasteiger charge is 2.29. The average molecular weight is 435 g/mol. The summed E-state index contributed by atoms with van der Waals surface area (Å²) in [7, 11) is 1.29. The summed E-state index contributed by atoms with van der Waals surface area (Å²) < 4.78 is 9.85. The Hall–Kier alpha value is -2.71. The van der Waals surface area contributed by atoms with E-state index >= 15 is 0 Å². The summed E-state index contributed by atoms with van der Waals surface area (Å²) in [4.78, 5) is 36.8. The molecule has 0 aromatic heterocycles. The van der Waals surface area contributed by atoms with Gasteiger partial charge < -0.3 is 20.1 Å². The zero-order valence-corrected chi connectivity index (χ0v) is 17.4. The molecule has 29 heavy (non-hydrogen) atoms. The van der Waals surface area contributed by atoms with Gasteiger partial charge in [0.25, 0.3) is 0 Å². The summed E-state index contributed by atoms with van der Waals surface area (Å²) in [5.74, 6) is -0.500. The molecule has 1 aliphatic rings. The van der Waals surface area contributed by atoms with Crippen LogP contribution >= 0.6 is 23.4 Å². The highest BCUT2D eigenvalue weighted by Crippen LogP contribution is 2.38. The number of ether oxygens (including phenoxy) is 2. The number of aryl methyl sites for hydroxylation is 1. The summed E-state index contributed by atoms with van der Waals surface area (Å²) in [6, 6.07) is 10.3. The molecule has 0 spiro atoms. The molecule has 2 amide bonds. The Bertz CT molecular complexity index is 966. The summed E-state index contributed by atoms with van der Waals surface area (Å²) in [6.07, 6.45) is 0.0264. The van der Waals surface area contributed by atoms with Gasteiger partial charge in [0, 0.05) is 22.0 Å². The third-order valence-corrected chi connectivity index (χ3v) is 5.70. The van der Waals surface area contributed by atoms with Crippen molar-refractivity contribution in [2.45, 2.75) is 23.5 Å². The minimum Gasteiger partial charge on any atom is -0.482 e. The lowest BCUT2D eigenvalue weighted by atomic mass is 10.1. The maximum atomic E-state index is 12.5. The third kappa shape index (κ3) is 5.42. The van der Waals surface area contributed by atoms with Gasteiger partial charge in [-0.3, -0.25) is 9.59 Å². The number of nitrogens with one attached hydrogen (secondary N) is 2. The normalized spacial score (nSPS) is 15.1. The zero-order valence-electron chi connectivity index (χ0n) is 15.8. The number of hydrogen-bond donors (Lipinski definition) is 2. The van der Waals surface area contributed by atoms with Gasteiger partial charge in [0.2, 0.25) is 11.8 Å². The van der Waals surface area contributed by atoms with Crippen molar-refractivity contribution < 1.29 is 23.9 Å². The molecule has 0 aliphatic carbocycles. The first-order valence-electron chi connectivity index (χ1n) is 8.73. The van der Waals surface area contributed by atoms with Gasteiger partial charge in [-0.15, -0.1) is 11.8 Å². The lowest BCUT2D eigenvalue weighted by molar-refractivity contribution is -0.142. The molecular weight excluding hydrogens is 416 g/mol. The number of halogens is 1. The van der Waals surface area contributed by atoms with Gasteiger partial charge >= 0.3 is 5.97 Å². The molecule has 2 aromatic carbocycles. The van der Waals surface area contributed by atoms with Crippen molar-refractivity contribution in [1.29, 1.82) is 0 Å². The molecule has 2 aromatic rings. The standard InChI is InChI=1S/C20H19ClN2O5S/c1-11-7-13(28-10-19(25)27-2)4-5-14(11)22-18(24)9-17-20(26)23-15-8-12(21)3-6-16(15)29-17/h3-8,17H,9-10H2,1-2H3,(H,22,24)(H,23,26). The van der Waals surface area contributed by atoms with Crippen LogP contribution in [0, 0.1) is 6.92 Å². The monoisotopic (exact) mass is 434 g/mol. The van der Waals surface area contributed by atoms with Crippen LogP contribution in [0.25, 0.3) is 0 Å². The number of thioether (sulfide) groups is 1. The maximum absolute atomic E-state index is 12.5. The Morgan fingerprint density at radius 2 is 2.03 bits per heavy atom. The van der Waals surface area contributed by atoms with Crippen LogP contribution < -0.4 is 15.4 Å². The van der Waals surface area contributed by atoms with Gasteiger partial charge in [-0.1, -0.05) is 11.6 Å². The van der Waals surface area contributed by atoms with Crippen molar-refractivity contribution in [3.63, 3.8) is 0 Å². The molecule has 1 aliphatic heterocycles. The Morgan fingerprint density at radius 3 is 2.76 bits per heavy atom. The lowest BCUT2D eigenvalue weighted by Gasteiger charge is -2.24. The highest BCUT2D eigenvalue weighted by molar-refractivity contribution is 8.01. The molecule has 1 atom stereocenters. The Balaban J connectivity index is 1.60. The number of rotatable bonds is 6. The first kappa shape index (κ1) is 21.0. The van der Waals surface area contributed by atoms with Gasteiger partial charge in [-0.25, -0.2) is 4.79 Å². The van der Waals surface area contributed by atoms with Crippen molar-refractivity contribution in [2.75, 3.05) is 24.4 Å². The number of hydrogen-bond acceptors (Lipinski definition) is 6. The van der Waals surface area contributed by atoms with Crippen molar-refractivity contribution in [2.24, 2.45) is 0 Å². The predicted octanol–water partition coefficient (Wildman–Crippen LogP) is 3.64. The Labute approximate surface area is 177 Å². The third-order valence-electron chi connectivity index (χ3n) is 4.19. The number of benzene rings is 2. The van der Waals surface area contributed by atoms with E-state index in [0.717, 1.165) is 10.5 Å². The highest BCUT2D eigenvalue weighted by atomic mass is 35.5. The number of carbonyl (C=O) groups excluding carboxylic acids is 3. The topological polar surface area (TPSA) is 93.7 Å². The molecule has 2 N–H and O–H groups in total. The Morgan fingerprint density at radius 1 is 1.24 bits per heavy atom. The molecule has 7 nitrogen and oxygen atoms in total. The van der Waals surface area contributed by atoms with Crippen LogP contribution in [0.2, 0.25) is 5.02 Å². The number of methoxy groups -OCH3 is 1. The second kappa shape index (κ2) is 9.19. The van der Waals surface area contributed by atoms with E-state index in [1.54, 1.807) is 30.3 Å². The predicted molar refractivity (Wildman–Crippen MR) is 112 cm³/mol. The van der Waals surface area contributed by atoms with Crippen LogP contribution in [-0.4, -0.2) is 36.8 Å². The molecule has 0 bridgehead atoms. The molecule has 152 valence electrons. The number of anilines is 2. The van der Waals surface area contributed by atoms with Crippen molar-refractivity contribution in [3.8, 4) is 5.75 Å². The summed E-state index contributed by atoms with van der Waals surface area (Å²) in [5, 5.41) is 5.60. The summed E-state index contributed by atoms with van der Waals surface area (Å²) >= 11 is 7.28. The fourth-order valence-corrected chi connectivity index (χ4v) is 3.96. The SMILES string of the molecule is COC(=O)COc1ccc(NC(=O)CC2Sc3ccc(Cl)cc3NC2=O)c(C)c1. The number of fused-ring (bicyclic) bond motifs is 1. The molecule has 9 heteroatoms. The minimum atomic E-state index is -0.536. The quantitative estimate of drug-likeness (QED) is 0.674. The van der Waals surface area contributed by atoms with Gasteiger partial charge in [-0.05, 0) is 48.9 Å². The van der Waals surface area contributed by atoms with E-state index in [4.69, 9.17) is 16.3 Å². The molecule has 0 fully saturated rings. The van der Waals surface area contributed by atoms with E-state index in [0.29, 0.717) is 22.1 Å². The summed E-state index contributed by atoms with van der Waals surface area (Å²) in [6.45, 7) is 1.62. The van der Waals surface area contributed by atoms with E-state index in [2.05, 4.69) is 15.4 Å². The summed E-state index contributed by atoms with van der Waals surface area (Å²) in [5.41, 5.74) is 2.03. The molecule has 1 unspecified atom stereocenters. The Kier molecular flexibility index (Phi) is 6.66.